The molecule has 3 nitrogen and oxygen atoms in total. The Kier molecular flexibility index (Phi) is 16.2. The maximum Gasteiger partial charge on any atom is 0.347 e. The standard InChI is InChI=1S/C27H46O3/c1-4-6-7-8-9-10-11-12-13-14-15-16-17-18-19-26(27(28)29-5-2)30-25-22-20-24(3)21-23-25/h20-23,26H,4-19H2,1-3H3. The zero-order valence-corrected chi connectivity index (χ0v) is 19.9. The number of carbonyl (C=O) groups excluding carboxylic acids is 1. The number of hydrogen-bond donors (Lipinski definition) is 0. The van der Waals surface area contributed by atoms with Crippen molar-refractivity contribution < 1.29 is 14.3 Å². The van der Waals surface area contributed by atoms with E-state index >= 15 is 0 Å². The SMILES string of the molecule is CCCCCCCCCCCCCCCCC(Oc1ccc(C)cc1)C(=O)OCC. The highest BCUT2D eigenvalue weighted by Gasteiger charge is 2.21. The first-order valence-electron chi connectivity index (χ1n) is 12.6. The molecule has 0 fully saturated rings. The number of rotatable bonds is 19. The van der Waals surface area contributed by atoms with Crippen molar-refractivity contribution in [3.05, 3.63) is 29.8 Å². The van der Waals surface area contributed by atoms with Crippen LogP contribution in [0.25, 0.3) is 0 Å². The van der Waals surface area contributed by atoms with Crippen molar-refractivity contribution in [3.8, 4) is 5.75 Å². The summed E-state index contributed by atoms with van der Waals surface area (Å²) in [6.45, 7) is 6.55. The van der Waals surface area contributed by atoms with Gasteiger partial charge in [-0.3, -0.25) is 0 Å². The Bertz CT molecular complexity index is 523. The van der Waals surface area contributed by atoms with Gasteiger partial charge in [0.25, 0.3) is 0 Å². The molecule has 0 aliphatic carbocycles. The van der Waals surface area contributed by atoms with Gasteiger partial charge >= 0.3 is 5.97 Å². The molecule has 0 aliphatic rings. The number of esters is 1. The lowest BCUT2D eigenvalue weighted by Crippen LogP contribution is -2.29. The van der Waals surface area contributed by atoms with Crippen molar-refractivity contribution in [2.24, 2.45) is 0 Å². The van der Waals surface area contributed by atoms with Crippen molar-refractivity contribution in [2.45, 2.75) is 123 Å². The van der Waals surface area contributed by atoms with Crippen LogP contribution in [0.1, 0.15) is 116 Å². The second-order valence-corrected chi connectivity index (χ2v) is 8.56. The lowest BCUT2D eigenvalue weighted by molar-refractivity contribution is -0.151. The molecule has 0 heterocycles. The van der Waals surface area contributed by atoms with Crippen molar-refractivity contribution >= 4 is 5.97 Å². The second kappa shape index (κ2) is 18.3. The van der Waals surface area contributed by atoms with Gasteiger partial charge in [-0.1, -0.05) is 108 Å². The topological polar surface area (TPSA) is 35.5 Å². The van der Waals surface area contributed by atoms with E-state index in [1.807, 2.05) is 38.1 Å². The van der Waals surface area contributed by atoms with Crippen LogP contribution in [0.4, 0.5) is 0 Å². The van der Waals surface area contributed by atoms with Crippen molar-refractivity contribution in [2.75, 3.05) is 6.61 Å². The average Bonchev–Trinajstić information content (AvgIpc) is 2.74. The van der Waals surface area contributed by atoms with Crippen molar-refractivity contribution in [3.63, 3.8) is 0 Å². The summed E-state index contributed by atoms with van der Waals surface area (Å²) in [7, 11) is 0. The summed E-state index contributed by atoms with van der Waals surface area (Å²) < 4.78 is 11.1. The molecular formula is C27H46O3. The minimum Gasteiger partial charge on any atom is -0.479 e. The van der Waals surface area contributed by atoms with Gasteiger partial charge in [-0.2, -0.15) is 0 Å². The first-order chi connectivity index (χ1) is 14.7. The summed E-state index contributed by atoms with van der Waals surface area (Å²) >= 11 is 0. The highest BCUT2D eigenvalue weighted by atomic mass is 16.6. The molecule has 0 amide bonds. The molecule has 0 spiro atoms. The number of benzene rings is 1. The smallest absolute Gasteiger partial charge is 0.347 e. The van der Waals surface area contributed by atoms with E-state index in [1.165, 1.54) is 82.6 Å². The summed E-state index contributed by atoms with van der Waals surface area (Å²) in [5, 5.41) is 0. The van der Waals surface area contributed by atoms with Crippen LogP contribution in [0.3, 0.4) is 0 Å². The van der Waals surface area contributed by atoms with Gasteiger partial charge in [-0.15, -0.1) is 0 Å². The van der Waals surface area contributed by atoms with Crippen LogP contribution in [0.15, 0.2) is 24.3 Å². The van der Waals surface area contributed by atoms with Gasteiger partial charge in [-0.25, -0.2) is 4.79 Å². The van der Waals surface area contributed by atoms with Gasteiger partial charge in [0.2, 0.25) is 0 Å². The molecule has 1 aromatic carbocycles. The molecule has 0 aromatic heterocycles. The monoisotopic (exact) mass is 418 g/mol. The molecule has 0 aliphatic heterocycles. The van der Waals surface area contributed by atoms with Gasteiger partial charge in [-0.05, 0) is 38.8 Å². The third-order valence-electron chi connectivity index (χ3n) is 5.67. The predicted octanol–water partition coefficient (Wildman–Crippen LogP) is 8.18. The summed E-state index contributed by atoms with van der Waals surface area (Å²) in [4.78, 5) is 12.2. The minimum absolute atomic E-state index is 0.243. The Hall–Kier alpha value is -1.51. The highest BCUT2D eigenvalue weighted by Crippen LogP contribution is 2.18. The fourth-order valence-electron chi connectivity index (χ4n) is 3.77. The van der Waals surface area contributed by atoms with Crippen LogP contribution < -0.4 is 4.74 Å². The minimum atomic E-state index is -0.495. The number of unbranched alkanes of at least 4 members (excludes halogenated alkanes) is 13. The first-order valence-corrected chi connectivity index (χ1v) is 12.6. The molecule has 0 bridgehead atoms. The quantitative estimate of drug-likeness (QED) is 0.168. The molecule has 30 heavy (non-hydrogen) atoms. The fraction of sp³-hybridized carbons (Fsp3) is 0.741. The molecule has 3 heteroatoms. The third-order valence-corrected chi connectivity index (χ3v) is 5.67. The van der Waals surface area contributed by atoms with E-state index in [9.17, 15) is 4.79 Å². The maximum absolute atomic E-state index is 12.2. The molecule has 0 saturated heterocycles. The van der Waals surface area contributed by atoms with E-state index in [0.717, 1.165) is 25.0 Å². The molecule has 1 atom stereocenters. The molecule has 1 unspecified atom stereocenters. The number of carbonyl (C=O) groups is 1. The maximum atomic E-state index is 12.2. The summed E-state index contributed by atoms with van der Waals surface area (Å²) in [5.74, 6) is 0.497. The fourth-order valence-corrected chi connectivity index (χ4v) is 3.77. The lowest BCUT2D eigenvalue weighted by atomic mass is 10.0. The highest BCUT2D eigenvalue weighted by molar-refractivity contribution is 5.75. The Labute approximate surface area is 185 Å². The molecule has 1 rings (SSSR count). The van der Waals surface area contributed by atoms with Gasteiger partial charge in [0.15, 0.2) is 6.10 Å². The average molecular weight is 419 g/mol. The third kappa shape index (κ3) is 13.7. The predicted molar refractivity (Wildman–Crippen MR) is 127 cm³/mol. The van der Waals surface area contributed by atoms with Crippen LogP contribution >= 0.6 is 0 Å². The van der Waals surface area contributed by atoms with Crippen LogP contribution in [0, 0.1) is 6.92 Å². The zero-order valence-electron chi connectivity index (χ0n) is 19.9. The van der Waals surface area contributed by atoms with Crippen LogP contribution in [-0.4, -0.2) is 18.7 Å². The zero-order chi connectivity index (χ0) is 21.9. The van der Waals surface area contributed by atoms with Gasteiger partial charge in [0.05, 0.1) is 6.61 Å². The number of hydrogen-bond acceptors (Lipinski definition) is 3. The summed E-state index contributed by atoms with van der Waals surface area (Å²) in [6.07, 6.45) is 18.9. The van der Waals surface area contributed by atoms with E-state index in [-0.39, 0.29) is 5.97 Å². The molecular weight excluding hydrogens is 372 g/mol. The lowest BCUT2D eigenvalue weighted by Gasteiger charge is -2.17. The molecule has 0 saturated carbocycles. The first kappa shape index (κ1) is 26.5. The van der Waals surface area contributed by atoms with Crippen LogP contribution in [0.5, 0.6) is 5.75 Å². The van der Waals surface area contributed by atoms with Gasteiger partial charge in [0, 0.05) is 0 Å². The van der Waals surface area contributed by atoms with Crippen LogP contribution in [-0.2, 0) is 9.53 Å². The van der Waals surface area contributed by atoms with Crippen molar-refractivity contribution in [1.82, 2.24) is 0 Å². The molecule has 0 N–H and O–H groups in total. The van der Waals surface area contributed by atoms with E-state index in [4.69, 9.17) is 9.47 Å². The number of ether oxygens (including phenoxy) is 2. The summed E-state index contributed by atoms with van der Waals surface area (Å²) in [5.41, 5.74) is 1.18. The second-order valence-electron chi connectivity index (χ2n) is 8.56. The Morgan fingerprint density at radius 2 is 1.20 bits per heavy atom. The van der Waals surface area contributed by atoms with Gasteiger partial charge < -0.3 is 9.47 Å². The van der Waals surface area contributed by atoms with Crippen LogP contribution in [0.2, 0.25) is 0 Å². The van der Waals surface area contributed by atoms with E-state index in [2.05, 4.69) is 6.92 Å². The van der Waals surface area contributed by atoms with E-state index in [1.54, 1.807) is 0 Å². The van der Waals surface area contributed by atoms with E-state index in [0.29, 0.717) is 6.61 Å². The van der Waals surface area contributed by atoms with Gasteiger partial charge in [0.1, 0.15) is 5.75 Å². The normalized spacial score (nSPS) is 12.0. The molecule has 172 valence electrons. The Morgan fingerprint density at radius 1 is 0.733 bits per heavy atom. The Balaban J connectivity index is 2.08. The Morgan fingerprint density at radius 3 is 1.67 bits per heavy atom. The summed E-state index contributed by atoms with van der Waals surface area (Å²) in [6, 6.07) is 7.85. The number of aryl methyl sites for hydroxylation is 1. The largest absolute Gasteiger partial charge is 0.479 e. The van der Waals surface area contributed by atoms with E-state index < -0.39 is 6.10 Å². The molecule has 1 aromatic rings. The van der Waals surface area contributed by atoms with Crippen molar-refractivity contribution in [1.29, 1.82) is 0 Å². The molecule has 0 radical (unpaired) electrons.